The second-order valence-corrected chi connectivity index (χ2v) is 11.2. The summed E-state index contributed by atoms with van der Waals surface area (Å²) in [7, 11) is 3.49. The molecule has 7 nitrogen and oxygen atoms in total. The van der Waals surface area contributed by atoms with E-state index in [0.29, 0.717) is 25.2 Å². The zero-order valence-electron chi connectivity index (χ0n) is 20.9. The average molecular weight is 513 g/mol. The molecule has 1 unspecified atom stereocenters. The Kier molecular flexibility index (Phi) is 7.86. The molecular formula is C26H32N4O3S2. The second-order valence-electron chi connectivity index (χ2n) is 9.07. The number of para-hydroxylation sites is 1. The molecule has 1 aliphatic heterocycles. The van der Waals surface area contributed by atoms with Crippen molar-refractivity contribution in [1.29, 1.82) is 0 Å². The monoisotopic (exact) mass is 512 g/mol. The molecule has 0 N–H and O–H groups in total. The number of hydrogen-bond acceptors (Lipinski definition) is 7. The fourth-order valence-corrected chi connectivity index (χ4v) is 6.34. The molecule has 0 bridgehead atoms. The van der Waals surface area contributed by atoms with Crippen molar-refractivity contribution >= 4 is 34.5 Å². The maximum Gasteiger partial charge on any atom is 0.273 e. The van der Waals surface area contributed by atoms with Crippen LogP contribution in [0.25, 0.3) is 0 Å². The minimum Gasteiger partial charge on any atom is -0.496 e. The molecule has 0 spiro atoms. The Bertz CT molecular complexity index is 1200. The number of carbonyl (C=O) groups excluding carboxylic acids is 2. The van der Waals surface area contributed by atoms with Crippen molar-refractivity contribution in [1.82, 2.24) is 19.8 Å². The molecule has 2 aromatic heterocycles. The van der Waals surface area contributed by atoms with Crippen LogP contribution in [0.1, 0.15) is 67.1 Å². The number of aryl methyl sites for hydroxylation is 2. The van der Waals surface area contributed by atoms with Gasteiger partial charge in [0.05, 0.1) is 22.8 Å². The predicted molar refractivity (Wildman–Crippen MR) is 140 cm³/mol. The molecule has 1 aliphatic rings. The van der Waals surface area contributed by atoms with E-state index in [1.165, 1.54) is 11.3 Å². The molecule has 186 valence electrons. The zero-order valence-corrected chi connectivity index (χ0v) is 22.5. The van der Waals surface area contributed by atoms with Crippen LogP contribution in [0.3, 0.4) is 0 Å². The number of rotatable bonds is 7. The maximum atomic E-state index is 13.1. The van der Waals surface area contributed by atoms with Gasteiger partial charge in [-0.3, -0.25) is 9.59 Å². The summed E-state index contributed by atoms with van der Waals surface area (Å²) in [4.78, 5) is 39.6. The number of aromatic nitrogens is 2. The molecule has 4 rings (SSSR count). The highest BCUT2D eigenvalue weighted by Crippen LogP contribution is 2.32. The number of likely N-dealkylation sites (N-methyl/N-ethyl adjacent to an activating group) is 1. The summed E-state index contributed by atoms with van der Waals surface area (Å²) in [6.07, 6.45) is 2.40. The molecule has 0 saturated carbocycles. The van der Waals surface area contributed by atoms with Crippen molar-refractivity contribution in [2.75, 3.05) is 27.2 Å². The first-order valence-corrected chi connectivity index (χ1v) is 13.6. The number of likely N-dealkylation sites (tertiary alicyclic amines) is 1. The van der Waals surface area contributed by atoms with Gasteiger partial charge in [-0.1, -0.05) is 18.2 Å². The van der Waals surface area contributed by atoms with Crippen LogP contribution in [0.4, 0.5) is 0 Å². The van der Waals surface area contributed by atoms with E-state index < -0.39 is 0 Å². The summed E-state index contributed by atoms with van der Waals surface area (Å²) in [6.45, 7) is 7.25. The fourth-order valence-electron chi connectivity index (χ4n) is 4.48. The number of thiazole rings is 2. The normalized spacial score (nSPS) is 15.2. The predicted octanol–water partition coefficient (Wildman–Crippen LogP) is 4.95. The van der Waals surface area contributed by atoms with Crippen molar-refractivity contribution in [3.8, 4) is 5.75 Å². The van der Waals surface area contributed by atoms with Crippen molar-refractivity contribution in [3.63, 3.8) is 0 Å². The van der Waals surface area contributed by atoms with E-state index in [4.69, 9.17) is 9.72 Å². The first-order chi connectivity index (χ1) is 16.8. The number of methoxy groups -OCH3 is 1. The Morgan fingerprint density at radius 1 is 1.20 bits per heavy atom. The molecule has 1 fully saturated rings. The van der Waals surface area contributed by atoms with Crippen LogP contribution >= 0.6 is 22.7 Å². The summed E-state index contributed by atoms with van der Waals surface area (Å²) in [5.74, 6) is 1.11. The van der Waals surface area contributed by atoms with Crippen LogP contribution in [0.5, 0.6) is 5.75 Å². The van der Waals surface area contributed by atoms with Crippen LogP contribution in [0.2, 0.25) is 0 Å². The fraction of sp³-hybridized carbons (Fsp3) is 0.462. The molecule has 3 heterocycles. The minimum atomic E-state index is -0.0708. The quantitative estimate of drug-likeness (QED) is 0.448. The molecule has 0 aliphatic carbocycles. The van der Waals surface area contributed by atoms with E-state index in [9.17, 15) is 9.59 Å². The largest absolute Gasteiger partial charge is 0.496 e. The SMILES string of the molecule is COc1ccccc1CC(C)N(C)C(=O)c1csc(C2CCN(C(=O)c3sc(C)nc3C)CC2)n1. The number of nitrogens with zero attached hydrogens (tertiary/aromatic N) is 4. The van der Waals surface area contributed by atoms with Gasteiger partial charge >= 0.3 is 0 Å². The molecule has 35 heavy (non-hydrogen) atoms. The van der Waals surface area contributed by atoms with Gasteiger partial charge in [0.25, 0.3) is 11.8 Å². The van der Waals surface area contributed by atoms with Gasteiger partial charge in [0.2, 0.25) is 0 Å². The molecular weight excluding hydrogens is 480 g/mol. The van der Waals surface area contributed by atoms with Crippen LogP contribution < -0.4 is 4.74 Å². The minimum absolute atomic E-state index is 0.00274. The first kappa shape index (κ1) is 25.3. The lowest BCUT2D eigenvalue weighted by Crippen LogP contribution is -2.38. The third kappa shape index (κ3) is 5.56. The van der Waals surface area contributed by atoms with Crippen LogP contribution in [0.15, 0.2) is 29.6 Å². The Labute approximate surface area is 214 Å². The number of piperidine rings is 1. The smallest absolute Gasteiger partial charge is 0.273 e. The Balaban J connectivity index is 1.35. The van der Waals surface area contributed by atoms with E-state index in [1.807, 2.05) is 62.4 Å². The van der Waals surface area contributed by atoms with Crippen molar-refractivity contribution < 1.29 is 14.3 Å². The van der Waals surface area contributed by atoms with E-state index in [0.717, 1.165) is 44.7 Å². The van der Waals surface area contributed by atoms with Gasteiger partial charge in [0, 0.05) is 37.5 Å². The van der Waals surface area contributed by atoms with Gasteiger partial charge in [-0.05, 0) is 51.7 Å². The molecule has 1 atom stereocenters. The van der Waals surface area contributed by atoms with Crippen LogP contribution in [-0.4, -0.2) is 64.9 Å². The first-order valence-electron chi connectivity index (χ1n) is 11.9. The summed E-state index contributed by atoms with van der Waals surface area (Å²) in [5, 5.41) is 3.77. The van der Waals surface area contributed by atoms with Crippen molar-refractivity contribution in [3.05, 3.63) is 61.5 Å². The number of benzene rings is 1. The molecule has 1 aromatic carbocycles. The van der Waals surface area contributed by atoms with Gasteiger partial charge < -0.3 is 14.5 Å². The lowest BCUT2D eigenvalue weighted by Gasteiger charge is -2.31. The third-order valence-electron chi connectivity index (χ3n) is 6.66. The van der Waals surface area contributed by atoms with Crippen molar-refractivity contribution in [2.24, 2.45) is 0 Å². The van der Waals surface area contributed by atoms with Gasteiger partial charge in [0.15, 0.2) is 0 Å². The number of carbonyl (C=O) groups is 2. The molecule has 2 amide bonds. The lowest BCUT2D eigenvalue weighted by atomic mass is 9.97. The Hall–Kier alpha value is -2.78. The molecule has 1 saturated heterocycles. The number of hydrogen-bond donors (Lipinski definition) is 0. The summed E-state index contributed by atoms with van der Waals surface area (Å²) in [6, 6.07) is 7.90. The Morgan fingerprint density at radius 3 is 2.57 bits per heavy atom. The van der Waals surface area contributed by atoms with Crippen LogP contribution in [-0.2, 0) is 6.42 Å². The zero-order chi connectivity index (χ0) is 25.1. The van der Waals surface area contributed by atoms with E-state index >= 15 is 0 Å². The summed E-state index contributed by atoms with van der Waals surface area (Å²) < 4.78 is 5.45. The number of ether oxygens (including phenoxy) is 1. The Morgan fingerprint density at radius 2 is 1.91 bits per heavy atom. The molecule has 9 heteroatoms. The molecule has 3 aromatic rings. The number of amides is 2. The topological polar surface area (TPSA) is 75.6 Å². The van der Waals surface area contributed by atoms with Gasteiger partial charge in [-0.15, -0.1) is 22.7 Å². The van der Waals surface area contributed by atoms with Gasteiger partial charge in [-0.25, -0.2) is 9.97 Å². The lowest BCUT2D eigenvalue weighted by molar-refractivity contribution is 0.0716. The maximum absolute atomic E-state index is 13.1. The standard InChI is InChI=1S/C26H32N4O3S2/c1-16(14-20-8-6-7-9-22(20)33-5)29(4)25(31)21-15-34-24(28-21)19-10-12-30(13-11-19)26(32)23-17(2)27-18(3)35-23/h6-9,15-16,19H,10-14H2,1-5H3. The van der Waals surface area contributed by atoms with Crippen molar-refractivity contribution in [2.45, 2.75) is 52.0 Å². The van der Waals surface area contributed by atoms with E-state index in [2.05, 4.69) is 4.98 Å². The van der Waals surface area contributed by atoms with Crippen LogP contribution in [0, 0.1) is 13.8 Å². The van der Waals surface area contributed by atoms with Gasteiger partial charge in [-0.2, -0.15) is 0 Å². The van der Waals surface area contributed by atoms with Gasteiger partial charge in [0.1, 0.15) is 16.3 Å². The summed E-state index contributed by atoms with van der Waals surface area (Å²) in [5.41, 5.74) is 2.38. The third-order valence-corrected chi connectivity index (χ3v) is 8.73. The van der Waals surface area contributed by atoms with E-state index in [1.54, 1.807) is 23.3 Å². The highest BCUT2D eigenvalue weighted by Gasteiger charge is 2.29. The average Bonchev–Trinajstić information content (AvgIpc) is 3.49. The highest BCUT2D eigenvalue weighted by atomic mass is 32.1. The highest BCUT2D eigenvalue weighted by molar-refractivity contribution is 7.13. The molecule has 0 radical (unpaired) electrons. The summed E-state index contributed by atoms with van der Waals surface area (Å²) >= 11 is 3.01. The second kappa shape index (κ2) is 10.9. The van der Waals surface area contributed by atoms with E-state index in [-0.39, 0.29) is 23.8 Å².